The number of ether oxygens (including phenoxy) is 1. The number of hydrogen-bond acceptors (Lipinski definition) is 3. The second kappa shape index (κ2) is 7.03. The Bertz CT molecular complexity index is 150. The van der Waals surface area contributed by atoms with Crippen LogP contribution in [0.15, 0.2) is 0 Å². The van der Waals surface area contributed by atoms with E-state index >= 15 is 0 Å². The average Bonchev–Trinajstić information content (AvgIpc) is 1.96. The summed E-state index contributed by atoms with van der Waals surface area (Å²) in [5.41, 5.74) is 0. The first-order valence-corrected chi connectivity index (χ1v) is 3.42. The third-order valence-corrected chi connectivity index (χ3v) is 1.05. The van der Waals surface area contributed by atoms with Crippen molar-refractivity contribution in [2.75, 3.05) is 13.2 Å². The van der Waals surface area contributed by atoms with Gasteiger partial charge in [0.25, 0.3) is 0 Å². The Morgan fingerprint density at radius 3 is 2.73 bits per heavy atom. The molecule has 0 saturated carbocycles. The van der Waals surface area contributed by atoms with Crippen LogP contribution in [0.2, 0.25) is 0 Å². The van der Waals surface area contributed by atoms with Crippen molar-refractivity contribution in [3.05, 3.63) is 0 Å². The maximum Gasteiger partial charge on any atom is 0.380 e. The first kappa shape index (κ1) is 9.92. The molecule has 4 nitrogen and oxygen atoms in total. The third-order valence-electron chi connectivity index (χ3n) is 1.05. The smallest absolute Gasteiger partial charge is 0.370 e. The second-order valence-electron chi connectivity index (χ2n) is 2.04. The van der Waals surface area contributed by atoms with E-state index in [0.717, 1.165) is 12.8 Å². The molecule has 0 amide bonds. The largest absolute Gasteiger partial charge is 0.380 e. The van der Waals surface area contributed by atoms with Crippen molar-refractivity contribution < 1.29 is 14.6 Å². The normalized spacial score (nSPS) is 9.00. The van der Waals surface area contributed by atoms with Crippen molar-refractivity contribution in [3.8, 4) is 6.07 Å². The summed E-state index contributed by atoms with van der Waals surface area (Å²) in [5.74, 6) is -1.20. The quantitative estimate of drug-likeness (QED) is 0.530. The van der Waals surface area contributed by atoms with Crippen LogP contribution >= 0.6 is 0 Å². The maximum absolute atomic E-state index is 9.80. The molecule has 0 aliphatic heterocycles. The summed E-state index contributed by atoms with van der Waals surface area (Å²) >= 11 is 0. The van der Waals surface area contributed by atoms with Gasteiger partial charge < -0.3 is 4.74 Å². The highest BCUT2D eigenvalue weighted by atomic mass is 16.5. The van der Waals surface area contributed by atoms with Gasteiger partial charge in [0.2, 0.25) is 0 Å². The summed E-state index contributed by atoms with van der Waals surface area (Å²) in [7, 11) is 0. The molecule has 0 spiro atoms. The lowest BCUT2D eigenvalue weighted by Crippen LogP contribution is -2.06. The number of unbranched alkanes of at least 4 members (excludes halogenated alkanes) is 2. The van der Waals surface area contributed by atoms with Gasteiger partial charge in [0.1, 0.15) is 6.61 Å². The minimum atomic E-state index is -1.20. The minimum Gasteiger partial charge on any atom is -0.370 e. The molecule has 0 unspecified atom stereocenters. The molecule has 0 aliphatic carbocycles. The van der Waals surface area contributed by atoms with Crippen LogP contribution in [0.1, 0.15) is 19.3 Å². The number of carbonyl (C=O) groups excluding carboxylic acids is 1. The van der Waals surface area contributed by atoms with Gasteiger partial charge in [0, 0.05) is 13.0 Å². The highest BCUT2D eigenvalue weighted by Crippen LogP contribution is 1.93. The number of carbonyl (C=O) groups is 1. The van der Waals surface area contributed by atoms with Crippen LogP contribution in [0.25, 0.3) is 0 Å². The first-order valence-electron chi connectivity index (χ1n) is 3.42. The summed E-state index contributed by atoms with van der Waals surface area (Å²) in [6.45, 7) is 0.0300. The van der Waals surface area contributed by atoms with Gasteiger partial charge in [0.05, 0.1) is 6.07 Å². The third kappa shape index (κ3) is 8.92. The zero-order chi connectivity index (χ0) is 8.53. The summed E-state index contributed by atoms with van der Waals surface area (Å²) in [6.07, 6.45) is 1.97. The van der Waals surface area contributed by atoms with Gasteiger partial charge in [-0.2, -0.15) is 5.26 Å². The molecule has 0 heterocycles. The van der Waals surface area contributed by atoms with Gasteiger partial charge in [0.15, 0.2) is 0 Å². The fraction of sp³-hybridized carbons (Fsp3) is 0.714. The number of hydrogen-bond donors (Lipinski definition) is 0. The minimum absolute atomic E-state index is 0.355. The lowest BCUT2D eigenvalue weighted by molar-refractivity contribution is -0.148. The van der Waals surface area contributed by atoms with Crippen LogP contribution in [0.3, 0.4) is 0 Å². The van der Waals surface area contributed by atoms with Crippen LogP contribution in [0.5, 0.6) is 0 Å². The van der Waals surface area contributed by atoms with Gasteiger partial charge in [-0.15, -0.1) is 0 Å². The second-order valence-corrected chi connectivity index (χ2v) is 2.04. The van der Waals surface area contributed by atoms with E-state index in [-0.39, 0.29) is 6.61 Å². The molecule has 0 N–H and O–H groups in total. The Hall–Kier alpha value is -1.08. The molecular weight excluding hydrogens is 146 g/mol. The number of rotatable bonds is 6. The predicted molar refractivity (Wildman–Crippen MR) is 36.0 cm³/mol. The number of nitrogens with zero attached hydrogens (tertiary/aromatic N) is 1. The van der Waals surface area contributed by atoms with Crippen LogP contribution < -0.4 is 0 Å². The Balaban J connectivity index is 2.92. The molecule has 61 valence electrons. The Kier molecular flexibility index (Phi) is 6.34. The van der Waals surface area contributed by atoms with E-state index in [2.05, 4.69) is 4.74 Å². The monoisotopic (exact) mass is 156 g/mol. The summed E-state index contributed by atoms with van der Waals surface area (Å²) in [4.78, 5) is 9.80. The molecule has 0 aliphatic rings. The SMILES string of the molecule is N#CCCCCOCC([O])=O. The van der Waals surface area contributed by atoms with E-state index < -0.39 is 5.97 Å². The number of nitriles is 1. The van der Waals surface area contributed by atoms with Crippen LogP contribution in [0, 0.1) is 11.3 Å². The van der Waals surface area contributed by atoms with E-state index in [1.54, 1.807) is 0 Å². The summed E-state index contributed by atoms with van der Waals surface area (Å²) in [5, 5.41) is 17.9. The van der Waals surface area contributed by atoms with Crippen molar-refractivity contribution in [2.45, 2.75) is 19.3 Å². The molecule has 11 heavy (non-hydrogen) atoms. The maximum atomic E-state index is 9.80. The summed E-state index contributed by atoms with van der Waals surface area (Å²) < 4.78 is 4.67. The molecule has 1 radical (unpaired) electrons. The van der Waals surface area contributed by atoms with Crippen LogP contribution in [-0.2, 0) is 14.6 Å². The van der Waals surface area contributed by atoms with Gasteiger partial charge in [-0.3, -0.25) is 0 Å². The average molecular weight is 156 g/mol. The zero-order valence-electron chi connectivity index (χ0n) is 6.21. The molecule has 0 saturated heterocycles. The first-order chi connectivity index (χ1) is 5.27. The highest BCUT2D eigenvalue weighted by molar-refractivity contribution is 5.67. The van der Waals surface area contributed by atoms with E-state index in [1.165, 1.54) is 0 Å². The lowest BCUT2D eigenvalue weighted by atomic mass is 10.3. The Morgan fingerprint density at radius 2 is 2.18 bits per heavy atom. The van der Waals surface area contributed by atoms with Crippen molar-refractivity contribution in [3.63, 3.8) is 0 Å². The van der Waals surface area contributed by atoms with Crippen molar-refractivity contribution in [1.29, 1.82) is 5.26 Å². The Labute approximate surface area is 65.4 Å². The van der Waals surface area contributed by atoms with Gasteiger partial charge >= 0.3 is 5.97 Å². The van der Waals surface area contributed by atoms with E-state index in [1.807, 2.05) is 6.07 Å². The summed E-state index contributed by atoms with van der Waals surface area (Å²) in [6, 6.07) is 1.98. The fourth-order valence-corrected chi connectivity index (χ4v) is 0.564. The molecular formula is C7H10NO3. The van der Waals surface area contributed by atoms with E-state index in [0.29, 0.717) is 13.0 Å². The van der Waals surface area contributed by atoms with Crippen LogP contribution in [-0.4, -0.2) is 19.2 Å². The van der Waals surface area contributed by atoms with Gasteiger partial charge in [-0.1, -0.05) is 0 Å². The molecule has 0 aromatic heterocycles. The topological polar surface area (TPSA) is 70.0 Å². The molecule has 0 fully saturated rings. The molecule has 0 atom stereocenters. The molecule has 0 aromatic carbocycles. The molecule has 4 heteroatoms. The fourth-order valence-electron chi connectivity index (χ4n) is 0.564. The predicted octanol–water partition coefficient (Wildman–Crippen LogP) is 0.654. The van der Waals surface area contributed by atoms with E-state index in [4.69, 9.17) is 5.26 Å². The molecule has 0 rings (SSSR count). The van der Waals surface area contributed by atoms with E-state index in [9.17, 15) is 9.90 Å². The van der Waals surface area contributed by atoms with Gasteiger partial charge in [-0.25, -0.2) is 9.90 Å². The Morgan fingerprint density at radius 1 is 1.45 bits per heavy atom. The van der Waals surface area contributed by atoms with Gasteiger partial charge in [-0.05, 0) is 12.8 Å². The highest BCUT2D eigenvalue weighted by Gasteiger charge is 1.97. The standard InChI is InChI=1S/C7H10NO3/c8-4-2-1-3-5-11-6-7(9)10/h1-3,5-6H2. The van der Waals surface area contributed by atoms with Crippen molar-refractivity contribution >= 4 is 5.97 Å². The molecule has 0 bridgehead atoms. The zero-order valence-corrected chi connectivity index (χ0v) is 6.21. The van der Waals surface area contributed by atoms with Crippen molar-refractivity contribution in [2.24, 2.45) is 0 Å². The molecule has 0 aromatic rings. The van der Waals surface area contributed by atoms with Crippen molar-refractivity contribution in [1.82, 2.24) is 0 Å². The van der Waals surface area contributed by atoms with Crippen LogP contribution in [0.4, 0.5) is 0 Å². The lowest BCUT2D eigenvalue weighted by Gasteiger charge is -1.96.